The van der Waals surface area contributed by atoms with Gasteiger partial charge >= 0.3 is 5.97 Å². The second-order valence-electron chi connectivity index (χ2n) is 3.61. The Morgan fingerprint density at radius 3 is 2.60 bits per heavy atom. The van der Waals surface area contributed by atoms with Gasteiger partial charge in [-0.2, -0.15) is 0 Å². The molecular formula is C12H13NO2. The van der Waals surface area contributed by atoms with Crippen LogP contribution >= 0.6 is 0 Å². The normalized spacial score (nSPS) is 18.3. The van der Waals surface area contributed by atoms with Gasteiger partial charge in [0.15, 0.2) is 0 Å². The number of hydrogen-bond donors (Lipinski definition) is 1. The van der Waals surface area contributed by atoms with Crippen molar-refractivity contribution >= 4 is 11.7 Å². The first-order valence-corrected chi connectivity index (χ1v) is 4.94. The lowest BCUT2D eigenvalue weighted by Crippen LogP contribution is -2.21. The van der Waals surface area contributed by atoms with Crippen molar-refractivity contribution in [2.75, 3.05) is 5.73 Å². The number of ether oxygens (including phenoxy) is 1. The number of rotatable bonds is 3. The Hall–Kier alpha value is -1.77. The number of nitrogens with two attached hydrogens (primary N) is 1. The Bertz CT molecular complexity index is 381. The van der Waals surface area contributed by atoms with E-state index in [9.17, 15) is 4.79 Å². The smallest absolute Gasteiger partial charge is 0.310 e. The molecule has 0 saturated heterocycles. The highest BCUT2D eigenvalue weighted by Crippen LogP contribution is 2.13. The second kappa shape index (κ2) is 4.17. The lowest BCUT2D eigenvalue weighted by Gasteiger charge is -2.18. The van der Waals surface area contributed by atoms with Crippen LogP contribution in [0.1, 0.15) is 12.0 Å². The summed E-state index contributed by atoms with van der Waals surface area (Å²) < 4.78 is 5.16. The van der Waals surface area contributed by atoms with E-state index in [2.05, 4.69) is 0 Å². The molecule has 1 aliphatic carbocycles. The quantitative estimate of drug-likeness (QED) is 0.462. The third-order valence-corrected chi connectivity index (χ3v) is 2.33. The summed E-state index contributed by atoms with van der Waals surface area (Å²) in [5.41, 5.74) is 7.17. The van der Waals surface area contributed by atoms with E-state index in [0.29, 0.717) is 12.1 Å². The highest BCUT2D eigenvalue weighted by atomic mass is 16.5. The average molecular weight is 203 g/mol. The third kappa shape index (κ3) is 2.59. The predicted molar refractivity (Wildman–Crippen MR) is 58.2 cm³/mol. The molecule has 1 atom stereocenters. The zero-order valence-corrected chi connectivity index (χ0v) is 8.35. The van der Waals surface area contributed by atoms with Gasteiger partial charge in [-0.05, 0) is 23.8 Å². The largest absolute Gasteiger partial charge is 0.458 e. The Morgan fingerprint density at radius 1 is 1.40 bits per heavy atom. The van der Waals surface area contributed by atoms with Gasteiger partial charge in [-0.15, -0.1) is 0 Å². The minimum absolute atomic E-state index is 0.00807. The summed E-state index contributed by atoms with van der Waals surface area (Å²) in [4.78, 5) is 11.4. The number of benzene rings is 1. The van der Waals surface area contributed by atoms with E-state index in [4.69, 9.17) is 10.5 Å². The Kier molecular flexibility index (Phi) is 2.72. The number of nitrogen functional groups attached to an aromatic ring is 1. The fourth-order valence-corrected chi connectivity index (χ4v) is 1.35. The van der Waals surface area contributed by atoms with Crippen LogP contribution in [0.4, 0.5) is 5.69 Å². The molecule has 0 saturated carbocycles. The molecule has 3 nitrogen and oxygen atoms in total. The van der Waals surface area contributed by atoms with Crippen LogP contribution in [-0.4, -0.2) is 12.1 Å². The average Bonchev–Trinajstić information content (AvgIpc) is 2.16. The molecule has 1 aromatic rings. The fraction of sp³-hybridized carbons (Fsp3) is 0.250. The highest BCUT2D eigenvalue weighted by molar-refractivity contribution is 5.73. The van der Waals surface area contributed by atoms with E-state index in [0.717, 1.165) is 12.0 Å². The molecular weight excluding hydrogens is 190 g/mol. The molecule has 78 valence electrons. The van der Waals surface area contributed by atoms with E-state index < -0.39 is 0 Å². The van der Waals surface area contributed by atoms with Crippen molar-refractivity contribution in [2.45, 2.75) is 18.9 Å². The van der Waals surface area contributed by atoms with Crippen LogP contribution in [0.25, 0.3) is 0 Å². The van der Waals surface area contributed by atoms with Gasteiger partial charge in [0, 0.05) is 12.1 Å². The number of anilines is 1. The molecule has 0 heterocycles. The lowest BCUT2D eigenvalue weighted by molar-refractivity contribution is -0.146. The number of esters is 1. The Morgan fingerprint density at radius 2 is 2.07 bits per heavy atom. The summed E-state index contributed by atoms with van der Waals surface area (Å²) in [5, 5.41) is 0. The summed E-state index contributed by atoms with van der Waals surface area (Å²) in [6.07, 6.45) is 5.02. The van der Waals surface area contributed by atoms with Crippen molar-refractivity contribution in [1.82, 2.24) is 0 Å². The zero-order chi connectivity index (χ0) is 10.7. The number of hydrogen-bond acceptors (Lipinski definition) is 3. The molecule has 0 amide bonds. The van der Waals surface area contributed by atoms with Crippen molar-refractivity contribution in [2.24, 2.45) is 0 Å². The van der Waals surface area contributed by atoms with E-state index in [1.807, 2.05) is 24.3 Å². The minimum Gasteiger partial charge on any atom is -0.458 e. The maximum absolute atomic E-state index is 11.4. The third-order valence-electron chi connectivity index (χ3n) is 2.33. The summed E-state index contributed by atoms with van der Waals surface area (Å²) in [6, 6.07) is 7.25. The Labute approximate surface area is 88.5 Å². The summed E-state index contributed by atoms with van der Waals surface area (Å²) in [7, 11) is 0. The van der Waals surface area contributed by atoms with Crippen molar-refractivity contribution in [1.29, 1.82) is 0 Å². The summed E-state index contributed by atoms with van der Waals surface area (Å²) >= 11 is 0. The van der Waals surface area contributed by atoms with Crippen LogP contribution in [0, 0.1) is 0 Å². The first-order valence-electron chi connectivity index (χ1n) is 4.94. The molecule has 0 aliphatic heterocycles. The Balaban J connectivity index is 1.87. The maximum Gasteiger partial charge on any atom is 0.310 e. The van der Waals surface area contributed by atoms with Crippen LogP contribution in [0.3, 0.4) is 0 Å². The van der Waals surface area contributed by atoms with Gasteiger partial charge in [-0.3, -0.25) is 4.79 Å². The number of carbonyl (C=O) groups is 1. The van der Waals surface area contributed by atoms with Gasteiger partial charge in [-0.1, -0.05) is 18.2 Å². The topological polar surface area (TPSA) is 52.3 Å². The molecule has 3 heteroatoms. The fourth-order valence-electron chi connectivity index (χ4n) is 1.35. The summed E-state index contributed by atoms with van der Waals surface area (Å²) in [5.74, 6) is -0.186. The van der Waals surface area contributed by atoms with Crippen LogP contribution in [-0.2, 0) is 16.0 Å². The van der Waals surface area contributed by atoms with Crippen molar-refractivity contribution in [3.05, 3.63) is 42.0 Å². The van der Waals surface area contributed by atoms with Crippen LogP contribution < -0.4 is 5.73 Å². The van der Waals surface area contributed by atoms with Crippen molar-refractivity contribution < 1.29 is 9.53 Å². The van der Waals surface area contributed by atoms with Gasteiger partial charge in [-0.25, -0.2) is 0 Å². The first kappa shape index (κ1) is 9.77. The maximum atomic E-state index is 11.4. The second-order valence-corrected chi connectivity index (χ2v) is 3.61. The van der Waals surface area contributed by atoms with E-state index in [1.54, 1.807) is 12.1 Å². The molecule has 1 unspecified atom stereocenters. The van der Waals surface area contributed by atoms with E-state index >= 15 is 0 Å². The number of carbonyl (C=O) groups excluding carboxylic acids is 1. The monoisotopic (exact) mass is 203 g/mol. The van der Waals surface area contributed by atoms with Gasteiger partial charge in [0.25, 0.3) is 0 Å². The van der Waals surface area contributed by atoms with Gasteiger partial charge in [0.2, 0.25) is 0 Å². The van der Waals surface area contributed by atoms with Gasteiger partial charge < -0.3 is 10.5 Å². The van der Waals surface area contributed by atoms with Crippen LogP contribution in [0.15, 0.2) is 36.4 Å². The molecule has 0 bridgehead atoms. The van der Waals surface area contributed by atoms with Crippen molar-refractivity contribution in [3.8, 4) is 0 Å². The molecule has 2 rings (SSSR count). The molecule has 2 N–H and O–H groups in total. The highest BCUT2D eigenvalue weighted by Gasteiger charge is 2.15. The molecule has 0 radical (unpaired) electrons. The minimum atomic E-state index is -0.186. The van der Waals surface area contributed by atoms with Crippen LogP contribution in [0.5, 0.6) is 0 Å². The summed E-state index contributed by atoms with van der Waals surface area (Å²) in [6.45, 7) is 0. The molecule has 1 aromatic carbocycles. The molecule has 1 aliphatic rings. The van der Waals surface area contributed by atoms with Crippen molar-refractivity contribution in [3.63, 3.8) is 0 Å². The SMILES string of the molecule is Nc1ccc(CC(=O)OC2C=CC2)cc1. The van der Waals surface area contributed by atoms with E-state index in [1.165, 1.54) is 0 Å². The van der Waals surface area contributed by atoms with Gasteiger partial charge in [0.1, 0.15) is 6.10 Å². The standard InChI is InChI=1S/C12H13NO2/c13-10-6-4-9(5-7-10)8-12(14)15-11-2-1-3-11/h1-2,4-7,11H,3,8,13H2. The van der Waals surface area contributed by atoms with E-state index in [-0.39, 0.29) is 12.1 Å². The molecule has 0 aromatic heterocycles. The predicted octanol–water partition coefficient (Wildman–Crippen LogP) is 1.68. The molecule has 0 spiro atoms. The van der Waals surface area contributed by atoms with Gasteiger partial charge in [0.05, 0.1) is 6.42 Å². The van der Waals surface area contributed by atoms with Crippen LogP contribution in [0.2, 0.25) is 0 Å². The lowest BCUT2D eigenvalue weighted by atomic mass is 10.1. The zero-order valence-electron chi connectivity index (χ0n) is 8.35. The first-order chi connectivity index (χ1) is 7.24. The molecule has 15 heavy (non-hydrogen) atoms. The molecule has 0 fully saturated rings.